The van der Waals surface area contributed by atoms with E-state index in [0.717, 1.165) is 0 Å². The van der Waals surface area contributed by atoms with Crippen molar-refractivity contribution in [1.29, 1.82) is 0 Å². The Balaban J connectivity index is 2.33. The molecular weight excluding hydrogens is 403 g/mol. The molecule has 0 bridgehead atoms. The van der Waals surface area contributed by atoms with Gasteiger partial charge in [-0.05, 0) is 41.2 Å². The Labute approximate surface area is 140 Å². The lowest BCUT2D eigenvalue weighted by Crippen LogP contribution is -2.12. The quantitative estimate of drug-likeness (QED) is 0.780. The first-order valence-electron chi connectivity index (χ1n) is 5.73. The molecule has 1 aromatic carbocycles. The van der Waals surface area contributed by atoms with Crippen molar-refractivity contribution in [2.45, 2.75) is 11.4 Å². The van der Waals surface area contributed by atoms with Crippen LogP contribution in [0, 0.1) is 0 Å². The highest BCUT2D eigenvalue weighted by Gasteiger charge is 2.22. The number of benzene rings is 1. The Morgan fingerprint density at radius 3 is 2.38 bits per heavy atom. The Morgan fingerprint density at radius 2 is 1.81 bits per heavy atom. The molecule has 0 atom stereocenters. The summed E-state index contributed by atoms with van der Waals surface area (Å²) < 4.78 is 32.6. The SMILES string of the molecule is CNCc1cc(S(=O)(=O)Nc2cc(Cl)cc(Cl)c2)c(Br)o1. The summed E-state index contributed by atoms with van der Waals surface area (Å²) in [7, 11) is -2.08. The van der Waals surface area contributed by atoms with Gasteiger partial charge in [-0.15, -0.1) is 0 Å². The smallest absolute Gasteiger partial charge is 0.266 e. The molecule has 0 spiro atoms. The predicted octanol–water partition coefficient (Wildman–Crippen LogP) is 3.87. The molecule has 2 rings (SSSR count). The molecule has 5 nitrogen and oxygen atoms in total. The van der Waals surface area contributed by atoms with Gasteiger partial charge in [0, 0.05) is 16.1 Å². The minimum atomic E-state index is -3.81. The fourth-order valence-electron chi connectivity index (χ4n) is 1.67. The van der Waals surface area contributed by atoms with Gasteiger partial charge in [-0.25, -0.2) is 8.42 Å². The average molecular weight is 414 g/mol. The van der Waals surface area contributed by atoms with Crippen molar-refractivity contribution >= 4 is 54.8 Å². The maximum atomic E-state index is 12.4. The minimum Gasteiger partial charge on any atom is -0.451 e. The van der Waals surface area contributed by atoms with Crippen LogP contribution < -0.4 is 10.0 Å². The molecule has 0 unspecified atom stereocenters. The topological polar surface area (TPSA) is 71.3 Å². The van der Waals surface area contributed by atoms with Crippen molar-refractivity contribution in [3.63, 3.8) is 0 Å². The molecular formula is C12H11BrCl2N2O3S. The minimum absolute atomic E-state index is 0.00356. The van der Waals surface area contributed by atoms with E-state index < -0.39 is 10.0 Å². The zero-order valence-electron chi connectivity index (χ0n) is 10.8. The van der Waals surface area contributed by atoms with E-state index in [9.17, 15) is 8.42 Å². The predicted molar refractivity (Wildman–Crippen MR) is 86.4 cm³/mol. The van der Waals surface area contributed by atoms with Crippen LogP contribution in [0.3, 0.4) is 0 Å². The van der Waals surface area contributed by atoms with Crippen LogP contribution in [0.1, 0.15) is 5.76 Å². The van der Waals surface area contributed by atoms with Crippen molar-refractivity contribution in [2.24, 2.45) is 0 Å². The highest BCUT2D eigenvalue weighted by atomic mass is 79.9. The van der Waals surface area contributed by atoms with Crippen molar-refractivity contribution in [3.8, 4) is 0 Å². The Kier molecular flexibility index (Phi) is 5.21. The zero-order chi connectivity index (χ0) is 15.6. The number of hydrogen-bond donors (Lipinski definition) is 2. The summed E-state index contributed by atoms with van der Waals surface area (Å²) in [5.74, 6) is 0.494. The van der Waals surface area contributed by atoms with Crippen molar-refractivity contribution in [3.05, 3.63) is 44.7 Å². The van der Waals surface area contributed by atoms with E-state index in [1.807, 2.05) is 0 Å². The summed E-state index contributed by atoms with van der Waals surface area (Å²) in [6.45, 7) is 0.414. The van der Waals surface area contributed by atoms with Gasteiger partial charge in [-0.3, -0.25) is 4.72 Å². The van der Waals surface area contributed by atoms with Gasteiger partial charge in [0.2, 0.25) is 0 Å². The summed E-state index contributed by atoms with van der Waals surface area (Å²) in [5.41, 5.74) is 0.274. The van der Waals surface area contributed by atoms with Gasteiger partial charge in [-0.2, -0.15) is 0 Å². The lowest BCUT2D eigenvalue weighted by molar-refractivity contribution is 0.470. The van der Waals surface area contributed by atoms with Crippen LogP contribution in [-0.4, -0.2) is 15.5 Å². The zero-order valence-corrected chi connectivity index (χ0v) is 14.7. The fourth-order valence-corrected chi connectivity index (χ4v) is 4.23. The molecule has 0 aliphatic carbocycles. The van der Waals surface area contributed by atoms with Gasteiger partial charge in [0.05, 0.1) is 12.2 Å². The third-order valence-electron chi connectivity index (χ3n) is 2.46. The third-order valence-corrected chi connectivity index (χ3v) is 5.14. The van der Waals surface area contributed by atoms with E-state index in [2.05, 4.69) is 26.0 Å². The van der Waals surface area contributed by atoms with Gasteiger partial charge in [0.15, 0.2) is 4.67 Å². The van der Waals surface area contributed by atoms with Gasteiger partial charge in [-0.1, -0.05) is 23.2 Å². The third kappa shape index (κ3) is 4.14. The molecule has 0 fully saturated rings. The summed E-state index contributed by atoms with van der Waals surface area (Å²) in [6, 6.07) is 5.88. The highest BCUT2D eigenvalue weighted by Crippen LogP contribution is 2.29. The van der Waals surface area contributed by atoms with E-state index in [-0.39, 0.29) is 15.3 Å². The van der Waals surface area contributed by atoms with E-state index in [0.29, 0.717) is 22.4 Å². The molecule has 0 saturated carbocycles. The molecule has 0 radical (unpaired) electrons. The lowest BCUT2D eigenvalue weighted by atomic mass is 10.3. The number of rotatable bonds is 5. The number of hydrogen-bond acceptors (Lipinski definition) is 4. The Bertz CT molecular complexity index is 742. The van der Waals surface area contributed by atoms with Crippen LogP contribution in [0.5, 0.6) is 0 Å². The summed E-state index contributed by atoms with van der Waals surface area (Å²) in [5, 5.41) is 3.55. The summed E-state index contributed by atoms with van der Waals surface area (Å²) in [6.07, 6.45) is 0. The maximum Gasteiger partial charge on any atom is 0.266 e. The monoisotopic (exact) mass is 412 g/mol. The van der Waals surface area contributed by atoms with Crippen LogP contribution in [0.15, 0.2) is 38.2 Å². The number of anilines is 1. The van der Waals surface area contributed by atoms with Crippen LogP contribution in [-0.2, 0) is 16.6 Å². The summed E-state index contributed by atoms with van der Waals surface area (Å²) in [4.78, 5) is 0.00356. The molecule has 0 saturated heterocycles. The van der Waals surface area contributed by atoms with Crippen molar-refractivity contribution < 1.29 is 12.8 Å². The van der Waals surface area contributed by atoms with E-state index >= 15 is 0 Å². The normalized spacial score (nSPS) is 11.6. The molecule has 9 heteroatoms. The number of sulfonamides is 1. The molecule has 2 aromatic rings. The van der Waals surface area contributed by atoms with Gasteiger partial charge >= 0.3 is 0 Å². The van der Waals surface area contributed by atoms with E-state index in [4.69, 9.17) is 27.6 Å². The molecule has 2 N–H and O–H groups in total. The van der Waals surface area contributed by atoms with Crippen molar-refractivity contribution in [1.82, 2.24) is 5.32 Å². The van der Waals surface area contributed by atoms with Crippen LogP contribution in [0.25, 0.3) is 0 Å². The van der Waals surface area contributed by atoms with Gasteiger partial charge in [0.1, 0.15) is 10.7 Å². The second kappa shape index (κ2) is 6.58. The Hall–Kier alpha value is -0.730. The number of halogens is 3. The van der Waals surface area contributed by atoms with E-state index in [1.165, 1.54) is 24.3 Å². The largest absolute Gasteiger partial charge is 0.451 e. The molecule has 114 valence electrons. The molecule has 0 amide bonds. The molecule has 1 heterocycles. The second-order valence-corrected chi connectivity index (χ2v) is 7.39. The van der Waals surface area contributed by atoms with Gasteiger partial charge < -0.3 is 9.73 Å². The number of nitrogens with one attached hydrogen (secondary N) is 2. The fraction of sp³-hybridized carbons (Fsp3) is 0.167. The second-order valence-electron chi connectivity index (χ2n) is 4.14. The Morgan fingerprint density at radius 1 is 1.19 bits per heavy atom. The molecule has 1 aromatic heterocycles. The molecule has 0 aliphatic heterocycles. The van der Waals surface area contributed by atoms with Gasteiger partial charge in [0.25, 0.3) is 10.0 Å². The molecule has 21 heavy (non-hydrogen) atoms. The molecule has 0 aliphatic rings. The lowest BCUT2D eigenvalue weighted by Gasteiger charge is -2.07. The van der Waals surface area contributed by atoms with Crippen LogP contribution in [0.4, 0.5) is 5.69 Å². The maximum absolute atomic E-state index is 12.4. The average Bonchev–Trinajstić information content (AvgIpc) is 2.69. The van der Waals surface area contributed by atoms with E-state index in [1.54, 1.807) is 7.05 Å². The standard InChI is InChI=1S/C12H11BrCl2N2O3S/c1-16-6-10-5-11(12(13)20-10)21(18,19)17-9-3-7(14)2-8(15)4-9/h2-5,16-17H,6H2,1H3. The summed E-state index contributed by atoms with van der Waals surface area (Å²) >= 11 is 14.8. The highest BCUT2D eigenvalue weighted by molar-refractivity contribution is 9.10. The first-order chi connectivity index (χ1) is 9.81. The first-order valence-corrected chi connectivity index (χ1v) is 8.77. The van der Waals surface area contributed by atoms with Crippen LogP contribution >= 0.6 is 39.1 Å². The number of furan rings is 1. The van der Waals surface area contributed by atoms with Crippen LogP contribution in [0.2, 0.25) is 10.0 Å². The first kappa shape index (κ1) is 16.6. The van der Waals surface area contributed by atoms with Crippen molar-refractivity contribution in [2.75, 3.05) is 11.8 Å².